The van der Waals surface area contributed by atoms with Gasteiger partial charge in [-0.2, -0.15) is 13.2 Å². The van der Waals surface area contributed by atoms with Crippen molar-refractivity contribution in [2.75, 3.05) is 13.1 Å². The van der Waals surface area contributed by atoms with Crippen LogP contribution < -0.4 is 5.32 Å². The summed E-state index contributed by atoms with van der Waals surface area (Å²) in [6.07, 6.45) is -0.713. The van der Waals surface area contributed by atoms with Gasteiger partial charge in [0.25, 0.3) is 0 Å². The highest BCUT2D eigenvalue weighted by atomic mass is 19.4. The third-order valence-corrected chi connectivity index (χ3v) is 4.50. The van der Waals surface area contributed by atoms with E-state index in [4.69, 9.17) is 0 Å². The van der Waals surface area contributed by atoms with Gasteiger partial charge in [-0.1, -0.05) is 18.2 Å². The van der Waals surface area contributed by atoms with Gasteiger partial charge in [0.2, 0.25) is 0 Å². The van der Waals surface area contributed by atoms with E-state index in [9.17, 15) is 13.2 Å². The number of nitrogens with zero attached hydrogens (tertiary/aromatic N) is 1. The Morgan fingerprint density at radius 3 is 2.57 bits per heavy atom. The van der Waals surface area contributed by atoms with Gasteiger partial charge in [-0.25, -0.2) is 0 Å². The van der Waals surface area contributed by atoms with Gasteiger partial charge in [0.05, 0.1) is 5.56 Å². The van der Waals surface area contributed by atoms with Crippen molar-refractivity contribution in [1.82, 2.24) is 10.2 Å². The lowest BCUT2D eigenvalue weighted by molar-refractivity contribution is -0.138. The number of alkyl halides is 3. The van der Waals surface area contributed by atoms with Gasteiger partial charge in [-0.05, 0) is 37.8 Å². The number of likely N-dealkylation sites (tertiary alicyclic amines) is 1. The molecule has 2 aliphatic rings. The summed E-state index contributed by atoms with van der Waals surface area (Å²) in [5.74, 6) is 0. The lowest BCUT2D eigenvalue weighted by atomic mass is 10.00. The molecule has 1 N–H and O–H groups in total. The van der Waals surface area contributed by atoms with Gasteiger partial charge in [-0.15, -0.1) is 0 Å². The molecule has 5 heteroatoms. The first-order chi connectivity index (χ1) is 9.95. The van der Waals surface area contributed by atoms with Crippen molar-refractivity contribution in [3.8, 4) is 0 Å². The molecule has 3 rings (SSSR count). The highest BCUT2D eigenvalue weighted by molar-refractivity contribution is 5.32. The average Bonchev–Trinajstić information content (AvgIpc) is 3.19. The maximum atomic E-state index is 13.1. The topological polar surface area (TPSA) is 15.3 Å². The largest absolute Gasteiger partial charge is 0.416 e. The van der Waals surface area contributed by atoms with Gasteiger partial charge in [0.1, 0.15) is 0 Å². The number of hydrogen-bond acceptors (Lipinski definition) is 2. The Hall–Kier alpha value is -1.07. The lowest BCUT2D eigenvalue weighted by Gasteiger charge is -2.23. The highest BCUT2D eigenvalue weighted by Gasteiger charge is 2.37. The van der Waals surface area contributed by atoms with Crippen LogP contribution in [-0.4, -0.2) is 30.1 Å². The molecule has 0 bridgehead atoms. The molecule has 1 heterocycles. The molecule has 1 saturated heterocycles. The van der Waals surface area contributed by atoms with Crippen LogP contribution in [0.25, 0.3) is 0 Å². The van der Waals surface area contributed by atoms with Crippen LogP contribution in [0.4, 0.5) is 13.2 Å². The molecule has 1 aliphatic heterocycles. The van der Waals surface area contributed by atoms with Crippen molar-refractivity contribution >= 4 is 0 Å². The number of rotatable bonds is 4. The summed E-state index contributed by atoms with van der Waals surface area (Å²) >= 11 is 0. The van der Waals surface area contributed by atoms with Crippen LogP contribution in [0.2, 0.25) is 0 Å². The Morgan fingerprint density at radius 2 is 1.90 bits per heavy atom. The zero-order valence-corrected chi connectivity index (χ0v) is 12.2. The van der Waals surface area contributed by atoms with Crippen LogP contribution >= 0.6 is 0 Å². The lowest BCUT2D eigenvalue weighted by Crippen LogP contribution is -2.35. The number of nitrogens with one attached hydrogen (secondary N) is 1. The molecule has 0 spiro atoms. The molecule has 2 unspecified atom stereocenters. The van der Waals surface area contributed by atoms with E-state index in [0.717, 1.165) is 25.6 Å². The summed E-state index contributed by atoms with van der Waals surface area (Å²) in [6, 6.07) is 6.60. The summed E-state index contributed by atoms with van der Waals surface area (Å²) in [5, 5.41) is 3.38. The molecule has 0 amide bonds. The normalized spacial score (nSPS) is 25.2. The van der Waals surface area contributed by atoms with E-state index in [-0.39, 0.29) is 6.04 Å². The van der Waals surface area contributed by atoms with E-state index in [2.05, 4.69) is 10.2 Å². The fraction of sp³-hybridized carbons (Fsp3) is 0.625. The van der Waals surface area contributed by atoms with Crippen molar-refractivity contribution < 1.29 is 13.2 Å². The third kappa shape index (κ3) is 3.40. The number of hydrogen-bond donors (Lipinski definition) is 1. The molecule has 1 saturated carbocycles. The van der Waals surface area contributed by atoms with Crippen LogP contribution in [0, 0.1) is 0 Å². The van der Waals surface area contributed by atoms with Gasteiger partial charge >= 0.3 is 6.18 Å². The minimum Gasteiger partial charge on any atom is -0.306 e. The van der Waals surface area contributed by atoms with Gasteiger partial charge < -0.3 is 5.32 Å². The van der Waals surface area contributed by atoms with E-state index in [1.54, 1.807) is 12.1 Å². The van der Waals surface area contributed by atoms with Crippen molar-refractivity contribution in [3.63, 3.8) is 0 Å². The number of benzene rings is 1. The minimum atomic E-state index is -4.29. The molecule has 1 aliphatic carbocycles. The van der Waals surface area contributed by atoms with Crippen LogP contribution in [0.3, 0.4) is 0 Å². The zero-order chi connectivity index (χ0) is 15.0. The Labute approximate surface area is 123 Å². The fourth-order valence-electron chi connectivity index (χ4n) is 3.27. The second kappa shape index (κ2) is 5.61. The molecule has 1 aromatic rings. The van der Waals surface area contributed by atoms with E-state index < -0.39 is 11.7 Å². The predicted molar refractivity (Wildman–Crippen MR) is 76.0 cm³/mol. The average molecular weight is 298 g/mol. The molecule has 2 fully saturated rings. The van der Waals surface area contributed by atoms with Crippen molar-refractivity contribution in [2.24, 2.45) is 0 Å². The molecular weight excluding hydrogens is 277 g/mol. The monoisotopic (exact) mass is 298 g/mol. The van der Waals surface area contributed by atoms with E-state index in [0.29, 0.717) is 11.6 Å². The molecule has 2 nitrogen and oxygen atoms in total. The van der Waals surface area contributed by atoms with E-state index in [1.807, 2.05) is 6.92 Å². The first-order valence-corrected chi connectivity index (χ1v) is 7.61. The first kappa shape index (κ1) is 14.9. The summed E-state index contributed by atoms with van der Waals surface area (Å²) < 4.78 is 39.2. The number of halogens is 3. The first-order valence-electron chi connectivity index (χ1n) is 7.61. The highest BCUT2D eigenvalue weighted by Crippen LogP contribution is 2.35. The summed E-state index contributed by atoms with van der Waals surface area (Å²) in [6.45, 7) is 3.85. The maximum absolute atomic E-state index is 13.1. The summed E-state index contributed by atoms with van der Waals surface area (Å²) in [5.41, 5.74) is -0.183. The minimum absolute atomic E-state index is 0.285. The molecule has 116 valence electrons. The Bertz CT molecular complexity index is 497. The molecule has 0 aromatic heterocycles. The molecule has 2 atom stereocenters. The molecule has 1 aromatic carbocycles. The Morgan fingerprint density at radius 1 is 1.19 bits per heavy atom. The van der Waals surface area contributed by atoms with Gasteiger partial charge in [0, 0.05) is 31.2 Å². The second-order valence-corrected chi connectivity index (χ2v) is 6.19. The second-order valence-electron chi connectivity index (χ2n) is 6.19. The summed E-state index contributed by atoms with van der Waals surface area (Å²) in [7, 11) is 0. The van der Waals surface area contributed by atoms with Crippen molar-refractivity contribution in [2.45, 2.75) is 50.5 Å². The molecule has 21 heavy (non-hydrogen) atoms. The van der Waals surface area contributed by atoms with Crippen molar-refractivity contribution in [3.05, 3.63) is 35.4 Å². The van der Waals surface area contributed by atoms with Crippen LogP contribution in [0.15, 0.2) is 24.3 Å². The van der Waals surface area contributed by atoms with Gasteiger partial charge in [-0.3, -0.25) is 4.90 Å². The SMILES string of the molecule is CC(NC1CCN(C2CC2)C1)c1ccccc1C(F)(F)F. The van der Waals surface area contributed by atoms with Crippen molar-refractivity contribution in [1.29, 1.82) is 0 Å². The van der Waals surface area contributed by atoms with Crippen LogP contribution in [0.1, 0.15) is 43.4 Å². The Kier molecular flexibility index (Phi) is 3.97. The standard InChI is InChI=1S/C16H21F3N2/c1-11(14-4-2-3-5-15(14)16(17,18)19)20-12-8-9-21(10-12)13-6-7-13/h2-5,11-13,20H,6-10H2,1H3. The summed E-state index contributed by atoms with van der Waals surface area (Å²) in [4.78, 5) is 2.46. The zero-order valence-electron chi connectivity index (χ0n) is 12.2. The quantitative estimate of drug-likeness (QED) is 0.914. The van der Waals surface area contributed by atoms with Crippen LogP contribution in [0.5, 0.6) is 0 Å². The third-order valence-electron chi connectivity index (χ3n) is 4.50. The molecular formula is C16H21F3N2. The Balaban J connectivity index is 1.67. The van der Waals surface area contributed by atoms with Gasteiger partial charge in [0.15, 0.2) is 0 Å². The smallest absolute Gasteiger partial charge is 0.306 e. The molecule has 0 radical (unpaired) electrons. The maximum Gasteiger partial charge on any atom is 0.416 e. The van der Waals surface area contributed by atoms with Crippen LogP contribution in [-0.2, 0) is 6.18 Å². The van der Waals surface area contributed by atoms with E-state index in [1.165, 1.54) is 25.0 Å². The van der Waals surface area contributed by atoms with E-state index >= 15 is 0 Å². The fourth-order valence-corrected chi connectivity index (χ4v) is 3.27. The predicted octanol–water partition coefficient (Wildman–Crippen LogP) is 3.59.